The molecule has 1 aliphatic carbocycles. The van der Waals surface area contributed by atoms with E-state index in [1.807, 2.05) is 13.0 Å². The fourth-order valence-corrected chi connectivity index (χ4v) is 5.60. The van der Waals surface area contributed by atoms with E-state index in [1.54, 1.807) is 50.2 Å². The standard InChI is InChI=1S/C38H45N3O9/c1-6-7-8-9-10-17-48-30-14-12-27(13-15-30)38(46)49-32-16-11-26(21-33(32)47-5)20-31(37(44)45)40-35(42)28-18-23(2)19-29(22-28)39-36(43)34-24(3)41-50-25(34)4/h11-16,19,21-23,31H,6-10,17-18,20H2,1-5H3,(H,39,43)(H,40,42)(H,44,45). The molecule has 2 amide bonds. The van der Waals surface area contributed by atoms with Gasteiger partial charge in [-0.05, 0) is 80.6 Å². The molecule has 0 fully saturated rings. The van der Waals surface area contributed by atoms with Gasteiger partial charge in [-0.1, -0.05) is 56.8 Å². The number of benzene rings is 2. The van der Waals surface area contributed by atoms with Gasteiger partial charge in [0.2, 0.25) is 5.91 Å². The van der Waals surface area contributed by atoms with Gasteiger partial charge >= 0.3 is 11.9 Å². The van der Waals surface area contributed by atoms with Gasteiger partial charge in [0, 0.05) is 17.7 Å². The topological polar surface area (TPSA) is 166 Å². The molecule has 2 atom stereocenters. The largest absolute Gasteiger partial charge is 0.494 e. The average Bonchev–Trinajstić information content (AvgIpc) is 3.43. The Balaban J connectivity index is 1.36. The van der Waals surface area contributed by atoms with Gasteiger partial charge in [-0.25, -0.2) is 9.59 Å². The van der Waals surface area contributed by atoms with Crippen molar-refractivity contribution in [1.29, 1.82) is 0 Å². The molecule has 0 bridgehead atoms. The summed E-state index contributed by atoms with van der Waals surface area (Å²) in [5.41, 5.74) is 2.35. The average molecular weight is 688 g/mol. The van der Waals surface area contributed by atoms with Crippen LogP contribution in [0, 0.1) is 19.8 Å². The van der Waals surface area contributed by atoms with Crippen LogP contribution < -0.4 is 24.8 Å². The molecule has 0 saturated heterocycles. The molecule has 2 aromatic carbocycles. The number of aryl methyl sites for hydroxylation is 2. The maximum Gasteiger partial charge on any atom is 0.343 e. The van der Waals surface area contributed by atoms with Crippen LogP contribution in [0.2, 0.25) is 0 Å². The first kappa shape index (κ1) is 37.4. The molecule has 266 valence electrons. The second-order valence-corrected chi connectivity index (χ2v) is 12.4. The Kier molecular flexibility index (Phi) is 13.4. The van der Waals surface area contributed by atoms with Crippen molar-refractivity contribution in [2.24, 2.45) is 5.92 Å². The maximum absolute atomic E-state index is 13.3. The van der Waals surface area contributed by atoms with Gasteiger partial charge in [-0.3, -0.25) is 9.59 Å². The minimum atomic E-state index is -1.28. The first-order valence-corrected chi connectivity index (χ1v) is 16.8. The number of aliphatic carboxylic acids is 1. The highest BCUT2D eigenvalue weighted by Crippen LogP contribution is 2.30. The van der Waals surface area contributed by atoms with E-state index in [0.717, 1.165) is 12.8 Å². The Morgan fingerprint density at radius 3 is 2.40 bits per heavy atom. The number of carboxylic acids is 1. The van der Waals surface area contributed by atoms with Crippen molar-refractivity contribution in [1.82, 2.24) is 15.8 Å². The van der Waals surface area contributed by atoms with Crippen LogP contribution in [0.4, 0.5) is 0 Å². The Labute approximate surface area is 291 Å². The molecular formula is C38H45N3O9. The maximum atomic E-state index is 13.3. The number of rotatable bonds is 17. The molecule has 0 spiro atoms. The molecular weight excluding hydrogens is 642 g/mol. The SMILES string of the molecule is CCCCCCCOc1ccc(C(=O)Oc2ccc(CC(NC(=O)C3=CC(NC(=O)c4c(C)noc4C)=CC(C)C3)C(=O)O)cc2OC)cc1. The van der Waals surface area contributed by atoms with Crippen molar-refractivity contribution in [2.75, 3.05) is 13.7 Å². The fourth-order valence-electron chi connectivity index (χ4n) is 5.60. The number of carboxylic acid groups (broad SMARTS) is 1. The first-order valence-electron chi connectivity index (χ1n) is 16.8. The van der Waals surface area contributed by atoms with Crippen LogP contribution in [0.1, 0.15) is 90.1 Å². The smallest absolute Gasteiger partial charge is 0.343 e. The molecule has 1 aromatic heterocycles. The van der Waals surface area contributed by atoms with Crippen LogP contribution in [-0.2, 0) is 16.0 Å². The molecule has 3 N–H and O–H groups in total. The zero-order chi connectivity index (χ0) is 36.2. The summed E-state index contributed by atoms with van der Waals surface area (Å²) in [7, 11) is 1.41. The van der Waals surface area contributed by atoms with Gasteiger partial charge in [0.15, 0.2) is 11.5 Å². The van der Waals surface area contributed by atoms with Gasteiger partial charge in [-0.15, -0.1) is 0 Å². The number of nitrogens with one attached hydrogen (secondary N) is 2. The number of amides is 2. The van der Waals surface area contributed by atoms with Crippen LogP contribution in [0.25, 0.3) is 0 Å². The minimum absolute atomic E-state index is 0.0694. The summed E-state index contributed by atoms with van der Waals surface area (Å²) in [6.07, 6.45) is 9.34. The number of methoxy groups -OCH3 is 1. The summed E-state index contributed by atoms with van der Waals surface area (Å²) in [4.78, 5) is 51.2. The number of ether oxygens (including phenoxy) is 3. The van der Waals surface area contributed by atoms with E-state index in [-0.39, 0.29) is 23.8 Å². The monoisotopic (exact) mass is 687 g/mol. The third kappa shape index (κ3) is 10.3. The summed E-state index contributed by atoms with van der Waals surface area (Å²) < 4.78 is 21.9. The number of nitrogens with zero attached hydrogens (tertiary/aromatic N) is 1. The van der Waals surface area contributed by atoms with Crippen LogP contribution >= 0.6 is 0 Å². The van der Waals surface area contributed by atoms with Crippen molar-refractivity contribution in [2.45, 2.75) is 78.7 Å². The molecule has 12 nitrogen and oxygen atoms in total. The number of unbranched alkanes of at least 4 members (excludes halogenated alkanes) is 4. The molecule has 1 aliphatic rings. The second kappa shape index (κ2) is 17.8. The molecule has 50 heavy (non-hydrogen) atoms. The highest BCUT2D eigenvalue weighted by Gasteiger charge is 2.26. The van der Waals surface area contributed by atoms with Crippen molar-refractivity contribution >= 4 is 23.8 Å². The fraction of sp³-hybridized carbons (Fsp3) is 0.395. The first-order chi connectivity index (χ1) is 24.0. The zero-order valence-electron chi connectivity index (χ0n) is 29.2. The molecule has 0 saturated carbocycles. The van der Waals surface area contributed by atoms with Crippen LogP contribution in [0.3, 0.4) is 0 Å². The van der Waals surface area contributed by atoms with Gasteiger partial charge in [0.1, 0.15) is 23.1 Å². The number of allylic oxidation sites excluding steroid dienone is 2. The van der Waals surface area contributed by atoms with Crippen molar-refractivity contribution in [3.05, 3.63) is 94.0 Å². The van der Waals surface area contributed by atoms with E-state index in [1.165, 1.54) is 38.5 Å². The number of carbonyl (C=O) groups excluding carboxylic acids is 3. The molecule has 2 unspecified atom stereocenters. The molecule has 3 aromatic rings. The lowest BCUT2D eigenvalue weighted by Crippen LogP contribution is -2.43. The van der Waals surface area contributed by atoms with E-state index >= 15 is 0 Å². The summed E-state index contributed by atoms with van der Waals surface area (Å²) >= 11 is 0. The highest BCUT2D eigenvalue weighted by atomic mass is 16.6. The molecule has 1 heterocycles. The Morgan fingerprint density at radius 2 is 1.74 bits per heavy atom. The van der Waals surface area contributed by atoms with Gasteiger partial charge < -0.3 is 34.5 Å². The van der Waals surface area contributed by atoms with Crippen molar-refractivity contribution in [3.63, 3.8) is 0 Å². The van der Waals surface area contributed by atoms with Gasteiger partial charge in [0.05, 0.1) is 25.0 Å². The zero-order valence-corrected chi connectivity index (χ0v) is 29.2. The van der Waals surface area contributed by atoms with E-state index in [9.17, 15) is 24.3 Å². The van der Waals surface area contributed by atoms with Crippen LogP contribution in [0.15, 0.2) is 70.4 Å². The van der Waals surface area contributed by atoms with E-state index in [2.05, 4.69) is 22.7 Å². The van der Waals surface area contributed by atoms with Crippen molar-refractivity contribution in [3.8, 4) is 17.2 Å². The van der Waals surface area contributed by atoms with Crippen molar-refractivity contribution < 1.29 is 43.0 Å². The van der Waals surface area contributed by atoms with E-state index in [4.69, 9.17) is 18.7 Å². The molecule has 0 aliphatic heterocycles. The Morgan fingerprint density at radius 1 is 1.00 bits per heavy atom. The Hall–Kier alpha value is -5.39. The summed E-state index contributed by atoms with van der Waals surface area (Å²) in [5.74, 6) is -1.49. The second-order valence-electron chi connectivity index (χ2n) is 12.4. The lowest BCUT2D eigenvalue weighted by molar-refractivity contribution is -0.141. The quantitative estimate of drug-likeness (QED) is 0.0838. The minimum Gasteiger partial charge on any atom is -0.494 e. The highest BCUT2D eigenvalue weighted by molar-refractivity contribution is 5.99. The number of hydrogen-bond acceptors (Lipinski definition) is 9. The molecule has 0 radical (unpaired) electrons. The summed E-state index contributed by atoms with van der Waals surface area (Å²) in [6, 6.07) is 10.1. The van der Waals surface area contributed by atoms with E-state index in [0.29, 0.717) is 58.2 Å². The van der Waals surface area contributed by atoms with Crippen LogP contribution in [0.5, 0.6) is 17.2 Å². The summed E-state index contributed by atoms with van der Waals surface area (Å²) in [6.45, 7) is 7.97. The predicted molar refractivity (Wildman–Crippen MR) is 185 cm³/mol. The normalized spacial score (nSPS) is 14.5. The molecule has 12 heteroatoms. The van der Waals surface area contributed by atoms with Gasteiger partial charge in [0.25, 0.3) is 5.91 Å². The number of hydrogen-bond donors (Lipinski definition) is 3. The number of esters is 1. The third-order valence-corrected chi connectivity index (χ3v) is 8.23. The Bertz CT molecular complexity index is 1720. The van der Waals surface area contributed by atoms with E-state index < -0.39 is 29.8 Å². The van der Waals surface area contributed by atoms with Crippen LogP contribution in [-0.4, -0.2) is 53.8 Å². The lowest BCUT2D eigenvalue weighted by atomic mass is 9.93. The summed E-state index contributed by atoms with van der Waals surface area (Å²) in [5, 5.41) is 19.2. The predicted octanol–water partition coefficient (Wildman–Crippen LogP) is 6.26. The number of aromatic nitrogens is 1. The third-order valence-electron chi connectivity index (χ3n) is 8.23. The lowest BCUT2D eigenvalue weighted by Gasteiger charge is -2.21. The number of carbonyl (C=O) groups is 4. The van der Waals surface area contributed by atoms with Gasteiger partial charge in [-0.2, -0.15) is 0 Å². The molecule has 4 rings (SSSR count).